The highest BCUT2D eigenvalue weighted by Crippen LogP contribution is 2.29. The van der Waals surface area contributed by atoms with E-state index in [0.29, 0.717) is 40.1 Å². The number of benzene rings is 4. The van der Waals surface area contributed by atoms with Crippen LogP contribution in [0.4, 0.5) is 5.69 Å². The fourth-order valence-corrected chi connectivity index (χ4v) is 6.06. The summed E-state index contributed by atoms with van der Waals surface area (Å²) in [6.45, 7) is 1.66. The maximum atomic E-state index is 14.2. The van der Waals surface area contributed by atoms with Crippen molar-refractivity contribution in [1.29, 1.82) is 0 Å². The summed E-state index contributed by atoms with van der Waals surface area (Å²) in [5.74, 6) is 0.148. The second-order valence-corrected chi connectivity index (χ2v) is 13.1. The third kappa shape index (κ3) is 9.47. The third-order valence-electron chi connectivity index (χ3n) is 6.99. The van der Waals surface area contributed by atoms with E-state index in [9.17, 15) is 18.0 Å². The number of sulfonamides is 1. The van der Waals surface area contributed by atoms with Crippen molar-refractivity contribution in [2.45, 2.75) is 32.4 Å². The zero-order chi connectivity index (χ0) is 32.4. The summed E-state index contributed by atoms with van der Waals surface area (Å²) in [5, 5.41) is 3.54. The molecule has 2 amide bonds. The number of hydrogen-bond donors (Lipinski definition) is 1. The topological polar surface area (TPSA) is 96.0 Å². The number of halogens is 2. The monoisotopic (exact) mass is 667 g/mol. The van der Waals surface area contributed by atoms with Gasteiger partial charge in [0.25, 0.3) is 0 Å². The summed E-state index contributed by atoms with van der Waals surface area (Å²) in [4.78, 5) is 29.2. The van der Waals surface area contributed by atoms with Crippen LogP contribution in [-0.2, 0) is 32.6 Å². The predicted octanol–water partition coefficient (Wildman–Crippen LogP) is 6.72. The summed E-state index contributed by atoms with van der Waals surface area (Å²) < 4.78 is 33.0. The fraction of sp³-hybridized carbons (Fsp3) is 0.235. The molecule has 45 heavy (non-hydrogen) atoms. The van der Waals surface area contributed by atoms with Gasteiger partial charge in [0.1, 0.15) is 24.1 Å². The second kappa shape index (κ2) is 15.8. The summed E-state index contributed by atoms with van der Waals surface area (Å²) in [7, 11) is -3.93. The molecule has 4 aromatic rings. The Kier molecular flexibility index (Phi) is 11.9. The van der Waals surface area contributed by atoms with Crippen LogP contribution < -0.4 is 14.4 Å². The van der Waals surface area contributed by atoms with Gasteiger partial charge in [0, 0.05) is 35.1 Å². The van der Waals surface area contributed by atoms with E-state index in [-0.39, 0.29) is 24.6 Å². The van der Waals surface area contributed by atoms with Gasteiger partial charge in [-0.1, -0.05) is 84.7 Å². The molecular weight excluding hydrogens is 633 g/mol. The van der Waals surface area contributed by atoms with Gasteiger partial charge in [-0.25, -0.2) is 8.42 Å². The zero-order valence-corrected chi connectivity index (χ0v) is 27.4. The van der Waals surface area contributed by atoms with Crippen molar-refractivity contribution in [3.63, 3.8) is 0 Å². The Balaban J connectivity index is 1.70. The molecule has 0 fully saturated rings. The highest BCUT2D eigenvalue weighted by molar-refractivity contribution is 7.92. The molecule has 0 aromatic heterocycles. The molecule has 236 valence electrons. The van der Waals surface area contributed by atoms with Gasteiger partial charge < -0.3 is 15.0 Å². The maximum absolute atomic E-state index is 14.2. The van der Waals surface area contributed by atoms with Crippen LogP contribution in [0.15, 0.2) is 103 Å². The molecule has 1 unspecified atom stereocenters. The number of nitrogens with zero attached hydrogens (tertiary/aromatic N) is 2. The van der Waals surface area contributed by atoms with Crippen LogP contribution in [0.25, 0.3) is 0 Å². The number of rotatable bonds is 14. The summed E-state index contributed by atoms with van der Waals surface area (Å²) >= 11 is 13.0. The highest BCUT2D eigenvalue weighted by Gasteiger charge is 2.33. The van der Waals surface area contributed by atoms with E-state index in [1.54, 1.807) is 54.6 Å². The molecule has 0 bridgehead atoms. The van der Waals surface area contributed by atoms with Gasteiger partial charge in [-0.05, 0) is 60.5 Å². The molecule has 0 saturated carbocycles. The number of hydrogen-bond acceptors (Lipinski definition) is 5. The van der Waals surface area contributed by atoms with Gasteiger partial charge in [-0.2, -0.15) is 0 Å². The first-order valence-electron chi connectivity index (χ1n) is 14.4. The van der Waals surface area contributed by atoms with E-state index in [2.05, 4.69) is 5.32 Å². The van der Waals surface area contributed by atoms with Crippen LogP contribution in [-0.4, -0.2) is 50.5 Å². The van der Waals surface area contributed by atoms with Crippen molar-refractivity contribution < 1.29 is 22.7 Å². The van der Waals surface area contributed by atoms with Crippen molar-refractivity contribution >= 4 is 50.7 Å². The Morgan fingerprint density at radius 2 is 1.40 bits per heavy atom. The molecule has 0 heterocycles. The Labute approximate surface area is 274 Å². The molecule has 4 aromatic carbocycles. The van der Waals surface area contributed by atoms with E-state index >= 15 is 0 Å². The van der Waals surface area contributed by atoms with Gasteiger partial charge in [0.2, 0.25) is 21.8 Å². The number of anilines is 1. The van der Waals surface area contributed by atoms with Crippen LogP contribution in [0, 0.1) is 0 Å². The molecule has 1 N–H and O–H groups in total. The number of carbonyl (C=O) groups is 2. The Morgan fingerprint density at radius 1 is 0.822 bits per heavy atom. The Morgan fingerprint density at radius 3 is 1.98 bits per heavy atom. The minimum Gasteiger partial charge on any atom is -0.457 e. The third-order valence-corrected chi connectivity index (χ3v) is 8.84. The minimum absolute atomic E-state index is 0.115. The van der Waals surface area contributed by atoms with Gasteiger partial charge >= 0.3 is 0 Å². The van der Waals surface area contributed by atoms with Crippen LogP contribution in [0.2, 0.25) is 10.0 Å². The number of carbonyl (C=O) groups excluding carboxylic acids is 2. The molecule has 0 spiro atoms. The summed E-state index contributed by atoms with van der Waals surface area (Å²) in [5.41, 5.74) is 1.53. The van der Waals surface area contributed by atoms with Gasteiger partial charge in [-0.15, -0.1) is 0 Å². The number of ether oxygens (including phenoxy) is 1. The first-order chi connectivity index (χ1) is 21.6. The molecule has 0 aliphatic heterocycles. The highest BCUT2D eigenvalue weighted by atomic mass is 35.5. The predicted molar refractivity (Wildman–Crippen MR) is 179 cm³/mol. The van der Waals surface area contributed by atoms with Crippen LogP contribution in [0.3, 0.4) is 0 Å². The molecule has 4 rings (SSSR count). The summed E-state index contributed by atoms with van der Waals surface area (Å²) in [6.07, 6.45) is 1.91. The molecule has 11 heteroatoms. The summed E-state index contributed by atoms with van der Waals surface area (Å²) in [6, 6.07) is 28.9. The molecule has 0 saturated heterocycles. The van der Waals surface area contributed by atoms with E-state index in [0.717, 1.165) is 16.1 Å². The first kappa shape index (κ1) is 33.8. The first-order valence-corrected chi connectivity index (χ1v) is 17.0. The van der Waals surface area contributed by atoms with Gasteiger partial charge in [-0.3, -0.25) is 13.9 Å². The smallest absolute Gasteiger partial charge is 0.244 e. The van der Waals surface area contributed by atoms with Crippen molar-refractivity contribution in [1.82, 2.24) is 10.2 Å². The number of amides is 2. The van der Waals surface area contributed by atoms with Crippen molar-refractivity contribution in [2.75, 3.05) is 23.7 Å². The van der Waals surface area contributed by atoms with E-state index in [1.165, 1.54) is 4.90 Å². The number of nitrogens with one attached hydrogen (secondary N) is 1. The molecule has 1 atom stereocenters. The zero-order valence-electron chi connectivity index (χ0n) is 25.0. The minimum atomic E-state index is -3.93. The van der Waals surface area contributed by atoms with Gasteiger partial charge in [0.05, 0.1) is 11.9 Å². The molecule has 0 aliphatic rings. The maximum Gasteiger partial charge on any atom is 0.244 e. The fourth-order valence-electron chi connectivity index (χ4n) is 4.69. The van der Waals surface area contributed by atoms with E-state index in [4.69, 9.17) is 27.9 Å². The SMILES string of the molecule is CCCNC(=O)C(Cc1ccccc1)N(Cc1c(Cl)cccc1Cl)C(=O)CN(c1ccc(Oc2ccccc2)cc1)S(C)(=O)=O. The average molecular weight is 669 g/mol. The lowest BCUT2D eigenvalue weighted by molar-refractivity contribution is -0.140. The van der Waals surface area contributed by atoms with E-state index in [1.807, 2.05) is 55.5 Å². The van der Waals surface area contributed by atoms with Crippen molar-refractivity contribution in [3.8, 4) is 11.5 Å². The lowest BCUT2D eigenvalue weighted by Crippen LogP contribution is -2.53. The molecule has 0 aliphatic carbocycles. The lowest BCUT2D eigenvalue weighted by Gasteiger charge is -2.34. The average Bonchev–Trinajstić information content (AvgIpc) is 3.02. The van der Waals surface area contributed by atoms with Crippen LogP contribution in [0.5, 0.6) is 11.5 Å². The molecule has 0 radical (unpaired) electrons. The second-order valence-electron chi connectivity index (χ2n) is 10.4. The Bertz CT molecular complexity index is 1670. The van der Waals surface area contributed by atoms with Gasteiger partial charge in [0.15, 0.2) is 0 Å². The standard InChI is InChI=1S/C34H35Cl2N3O5S/c1-3-21-37-34(41)32(22-25-11-6-4-7-12-25)38(23-29-30(35)15-10-16-31(29)36)33(40)24-39(45(2,42)43)26-17-19-28(20-18-26)44-27-13-8-5-9-14-27/h4-20,32H,3,21-24H2,1-2H3,(H,37,41). The number of para-hydroxylation sites is 1. The quantitative estimate of drug-likeness (QED) is 0.161. The van der Waals surface area contributed by atoms with Crippen molar-refractivity contribution in [2.24, 2.45) is 0 Å². The molecule has 8 nitrogen and oxygen atoms in total. The van der Waals surface area contributed by atoms with E-state index < -0.39 is 28.5 Å². The largest absolute Gasteiger partial charge is 0.457 e. The van der Waals surface area contributed by atoms with Crippen molar-refractivity contribution in [3.05, 3.63) is 124 Å². The molecular formula is C34H35Cl2N3O5S. The van der Waals surface area contributed by atoms with Crippen LogP contribution in [0.1, 0.15) is 24.5 Å². The van der Waals surface area contributed by atoms with Crippen LogP contribution >= 0.6 is 23.2 Å². The normalized spacial score (nSPS) is 11.8. The Hall–Kier alpha value is -4.05. The lowest BCUT2D eigenvalue weighted by atomic mass is 10.0.